The fourth-order valence-electron chi connectivity index (χ4n) is 1.19. The van der Waals surface area contributed by atoms with Gasteiger partial charge in [0.2, 0.25) is 0 Å². The normalized spacial score (nSPS) is 33.8. The second kappa shape index (κ2) is 2.77. The number of aliphatic imine (C=N–C) groups is 2. The molecule has 0 aromatic heterocycles. The van der Waals surface area contributed by atoms with Crippen LogP contribution in [0.4, 0.5) is 0 Å². The summed E-state index contributed by atoms with van der Waals surface area (Å²) in [4.78, 5) is 8.34. The summed E-state index contributed by atoms with van der Waals surface area (Å²) in [5.74, 6) is 1.15. The highest BCUT2D eigenvalue weighted by molar-refractivity contribution is 6.36. The Hall–Kier alpha value is -1.06. The number of hydrogen-bond donors (Lipinski definition) is 0. The van der Waals surface area contributed by atoms with Crippen LogP contribution in [0.25, 0.3) is 0 Å². The number of ether oxygens (including phenoxy) is 2. The summed E-state index contributed by atoms with van der Waals surface area (Å²) in [6.07, 6.45) is 0.337. The van der Waals surface area contributed by atoms with Crippen molar-refractivity contribution < 1.29 is 9.47 Å². The van der Waals surface area contributed by atoms with E-state index in [1.54, 1.807) is 0 Å². The Morgan fingerprint density at radius 3 is 1.67 bits per heavy atom. The minimum atomic E-state index is 0.169. The predicted octanol–water partition coefficient (Wildman–Crippen LogP) is 0.621. The molecule has 0 N–H and O–H groups in total. The van der Waals surface area contributed by atoms with Crippen molar-refractivity contribution in [3.8, 4) is 0 Å². The van der Waals surface area contributed by atoms with Gasteiger partial charge in [0, 0.05) is 0 Å². The molecule has 2 atom stereocenters. The fourth-order valence-corrected chi connectivity index (χ4v) is 1.19. The van der Waals surface area contributed by atoms with Crippen LogP contribution in [0, 0.1) is 0 Å². The number of rotatable bonds is 1. The van der Waals surface area contributed by atoms with E-state index < -0.39 is 0 Å². The molecule has 0 aromatic carbocycles. The van der Waals surface area contributed by atoms with Crippen molar-refractivity contribution in [1.29, 1.82) is 0 Å². The van der Waals surface area contributed by atoms with E-state index in [-0.39, 0.29) is 12.2 Å². The van der Waals surface area contributed by atoms with Crippen molar-refractivity contribution in [3.05, 3.63) is 0 Å². The molecule has 0 fully saturated rings. The largest absolute Gasteiger partial charge is 0.469 e. The van der Waals surface area contributed by atoms with Crippen molar-refractivity contribution in [1.82, 2.24) is 0 Å². The first-order chi connectivity index (χ1) is 5.75. The molecule has 66 valence electrons. The van der Waals surface area contributed by atoms with Crippen LogP contribution in [0.3, 0.4) is 0 Å². The van der Waals surface area contributed by atoms with Gasteiger partial charge in [-0.1, -0.05) is 0 Å². The first kappa shape index (κ1) is 7.58. The standard InChI is InChI=1S/C8H12N2O2/c1-5-3-9-7(11-5)8-10-4-6(2)12-8/h5-6H,3-4H2,1-2H3/t5-,6?/m1/s1. The van der Waals surface area contributed by atoms with Gasteiger partial charge in [0.25, 0.3) is 11.8 Å². The maximum atomic E-state index is 5.39. The lowest BCUT2D eigenvalue weighted by Gasteiger charge is -2.06. The Bertz CT molecular complexity index is 221. The molecule has 0 aromatic rings. The average molecular weight is 168 g/mol. The monoisotopic (exact) mass is 168 g/mol. The summed E-state index contributed by atoms with van der Waals surface area (Å²) in [6.45, 7) is 5.39. The van der Waals surface area contributed by atoms with E-state index in [1.807, 2.05) is 13.8 Å². The van der Waals surface area contributed by atoms with E-state index in [2.05, 4.69) is 9.98 Å². The van der Waals surface area contributed by atoms with Crippen LogP contribution in [0.15, 0.2) is 9.98 Å². The molecule has 0 aliphatic carbocycles. The Morgan fingerprint density at radius 1 is 1.00 bits per heavy atom. The van der Waals surface area contributed by atoms with Crippen LogP contribution >= 0.6 is 0 Å². The zero-order valence-corrected chi connectivity index (χ0v) is 7.28. The molecule has 0 radical (unpaired) electrons. The third-order valence-corrected chi connectivity index (χ3v) is 1.79. The van der Waals surface area contributed by atoms with E-state index in [4.69, 9.17) is 9.47 Å². The summed E-state index contributed by atoms with van der Waals surface area (Å²) >= 11 is 0. The van der Waals surface area contributed by atoms with Crippen LogP contribution in [-0.4, -0.2) is 37.1 Å². The first-order valence-electron chi connectivity index (χ1n) is 4.18. The van der Waals surface area contributed by atoms with Gasteiger partial charge >= 0.3 is 0 Å². The summed E-state index contributed by atoms with van der Waals surface area (Å²) in [6, 6.07) is 0. The predicted molar refractivity (Wildman–Crippen MR) is 45.7 cm³/mol. The lowest BCUT2D eigenvalue weighted by atomic mass is 10.4. The van der Waals surface area contributed by atoms with Gasteiger partial charge in [-0.05, 0) is 13.8 Å². The lowest BCUT2D eigenvalue weighted by molar-refractivity contribution is 0.223. The zero-order valence-electron chi connectivity index (χ0n) is 7.28. The molecule has 1 unspecified atom stereocenters. The quantitative estimate of drug-likeness (QED) is 0.576. The first-order valence-corrected chi connectivity index (χ1v) is 4.18. The summed E-state index contributed by atoms with van der Waals surface area (Å²) in [5, 5.41) is 0. The van der Waals surface area contributed by atoms with Crippen molar-refractivity contribution in [2.75, 3.05) is 13.1 Å². The lowest BCUT2D eigenvalue weighted by Crippen LogP contribution is -2.19. The molecule has 0 spiro atoms. The van der Waals surface area contributed by atoms with Gasteiger partial charge in [0.15, 0.2) is 0 Å². The van der Waals surface area contributed by atoms with E-state index in [0.717, 1.165) is 0 Å². The van der Waals surface area contributed by atoms with Crippen molar-refractivity contribution >= 4 is 11.8 Å². The molecule has 0 saturated carbocycles. The molecule has 12 heavy (non-hydrogen) atoms. The highest BCUT2D eigenvalue weighted by Gasteiger charge is 2.26. The highest BCUT2D eigenvalue weighted by atomic mass is 16.6. The van der Waals surface area contributed by atoms with Gasteiger partial charge in [0.1, 0.15) is 12.2 Å². The van der Waals surface area contributed by atoms with Crippen molar-refractivity contribution in [2.45, 2.75) is 26.1 Å². The second-order valence-corrected chi connectivity index (χ2v) is 3.15. The smallest absolute Gasteiger partial charge is 0.273 e. The van der Waals surface area contributed by atoms with Crippen LogP contribution in [0.2, 0.25) is 0 Å². The van der Waals surface area contributed by atoms with Gasteiger partial charge in [-0.15, -0.1) is 0 Å². The Kier molecular flexibility index (Phi) is 1.75. The third-order valence-electron chi connectivity index (χ3n) is 1.79. The maximum absolute atomic E-state index is 5.39. The second-order valence-electron chi connectivity index (χ2n) is 3.15. The summed E-state index contributed by atoms with van der Waals surface area (Å²) < 4.78 is 10.8. The fraction of sp³-hybridized carbons (Fsp3) is 0.750. The molecule has 0 saturated heterocycles. The Labute approximate surface area is 71.3 Å². The van der Waals surface area contributed by atoms with Crippen LogP contribution in [0.5, 0.6) is 0 Å². The van der Waals surface area contributed by atoms with Gasteiger partial charge < -0.3 is 9.47 Å². The highest BCUT2D eigenvalue weighted by Crippen LogP contribution is 2.11. The van der Waals surface area contributed by atoms with E-state index in [9.17, 15) is 0 Å². The van der Waals surface area contributed by atoms with Crippen LogP contribution in [0.1, 0.15) is 13.8 Å². The topological polar surface area (TPSA) is 43.2 Å². The maximum Gasteiger partial charge on any atom is 0.273 e. The molecule has 2 aliphatic rings. The zero-order chi connectivity index (χ0) is 8.55. The molecule has 2 heterocycles. The molecule has 2 rings (SSSR count). The Morgan fingerprint density at radius 2 is 1.42 bits per heavy atom. The van der Waals surface area contributed by atoms with Crippen LogP contribution < -0.4 is 0 Å². The van der Waals surface area contributed by atoms with E-state index in [0.29, 0.717) is 24.9 Å². The van der Waals surface area contributed by atoms with E-state index in [1.165, 1.54) is 0 Å². The average Bonchev–Trinajstić information content (AvgIpc) is 2.58. The van der Waals surface area contributed by atoms with Gasteiger partial charge in [-0.25, -0.2) is 9.98 Å². The van der Waals surface area contributed by atoms with Crippen molar-refractivity contribution in [2.24, 2.45) is 9.98 Å². The van der Waals surface area contributed by atoms with Gasteiger partial charge in [-0.2, -0.15) is 0 Å². The number of nitrogens with zero attached hydrogens (tertiary/aromatic N) is 2. The number of hydrogen-bond acceptors (Lipinski definition) is 4. The third kappa shape index (κ3) is 1.29. The van der Waals surface area contributed by atoms with Crippen LogP contribution in [-0.2, 0) is 9.47 Å². The molecule has 4 heteroatoms. The molecular formula is C8H12N2O2. The van der Waals surface area contributed by atoms with Crippen molar-refractivity contribution in [3.63, 3.8) is 0 Å². The minimum Gasteiger partial charge on any atom is -0.469 e. The Balaban J connectivity index is 2.02. The SMILES string of the molecule is CC1CN=C(C2=NC[C@@H](C)O2)O1. The summed E-state index contributed by atoms with van der Waals surface area (Å²) in [7, 11) is 0. The van der Waals surface area contributed by atoms with Gasteiger partial charge in [-0.3, -0.25) is 0 Å². The minimum absolute atomic E-state index is 0.169. The molecule has 4 nitrogen and oxygen atoms in total. The molecular weight excluding hydrogens is 156 g/mol. The molecule has 0 bridgehead atoms. The molecule has 0 amide bonds. The van der Waals surface area contributed by atoms with E-state index >= 15 is 0 Å². The summed E-state index contributed by atoms with van der Waals surface area (Å²) in [5.41, 5.74) is 0. The molecule has 2 aliphatic heterocycles. The van der Waals surface area contributed by atoms with Gasteiger partial charge in [0.05, 0.1) is 13.1 Å².